The average Bonchev–Trinajstić information content (AvgIpc) is 2.91. The second kappa shape index (κ2) is 7.07. The van der Waals surface area contributed by atoms with Gasteiger partial charge < -0.3 is 15.2 Å². The van der Waals surface area contributed by atoms with Crippen LogP contribution in [0.25, 0.3) is 0 Å². The van der Waals surface area contributed by atoms with Gasteiger partial charge in [0.1, 0.15) is 0 Å². The van der Waals surface area contributed by atoms with Gasteiger partial charge in [-0.2, -0.15) is 0 Å². The van der Waals surface area contributed by atoms with Gasteiger partial charge in [-0.1, -0.05) is 29.8 Å². The third-order valence-electron chi connectivity index (χ3n) is 3.55. The zero-order valence-corrected chi connectivity index (χ0v) is 12.3. The van der Waals surface area contributed by atoms with Crippen molar-refractivity contribution in [2.24, 2.45) is 5.92 Å². The van der Waals surface area contributed by atoms with Crippen LogP contribution in [0.4, 0.5) is 0 Å². The van der Waals surface area contributed by atoms with E-state index in [2.05, 4.69) is 5.32 Å². The first-order chi connectivity index (χ1) is 9.58. The smallest absolute Gasteiger partial charge is 0.253 e. The molecule has 20 heavy (non-hydrogen) atoms. The number of hydrogen-bond acceptors (Lipinski definition) is 3. The number of hydrogen-bond donors (Lipinski definition) is 2. The highest BCUT2D eigenvalue weighted by atomic mass is 35.5. The molecule has 2 N–H and O–H groups in total. The largest absolute Gasteiger partial charge is 0.381 e. The fraction of sp³-hybridized carbons (Fsp3) is 0.533. The van der Waals surface area contributed by atoms with Crippen molar-refractivity contribution < 1.29 is 14.6 Å². The highest BCUT2D eigenvalue weighted by molar-refractivity contribution is 6.31. The molecule has 0 bridgehead atoms. The lowest BCUT2D eigenvalue weighted by Gasteiger charge is -2.19. The Morgan fingerprint density at radius 1 is 1.55 bits per heavy atom. The van der Waals surface area contributed by atoms with Gasteiger partial charge in [-0.15, -0.1) is 0 Å². The van der Waals surface area contributed by atoms with Gasteiger partial charge in [0.15, 0.2) is 6.10 Å². The number of carbonyl (C=O) groups is 1. The van der Waals surface area contributed by atoms with Crippen LogP contribution in [0.3, 0.4) is 0 Å². The van der Waals surface area contributed by atoms with Crippen LogP contribution in [0.5, 0.6) is 0 Å². The summed E-state index contributed by atoms with van der Waals surface area (Å²) in [4.78, 5) is 12.0. The Hall–Kier alpha value is -1.10. The van der Waals surface area contributed by atoms with E-state index < -0.39 is 12.0 Å². The van der Waals surface area contributed by atoms with E-state index in [1.165, 1.54) is 0 Å². The van der Waals surface area contributed by atoms with Crippen molar-refractivity contribution in [2.75, 3.05) is 13.2 Å². The Bertz CT molecular complexity index is 460. The maximum atomic E-state index is 12.0. The normalized spacial score (nSPS) is 21.4. The molecule has 1 aliphatic heterocycles. The molecule has 0 saturated carbocycles. The number of aliphatic hydroxyl groups is 1. The van der Waals surface area contributed by atoms with E-state index in [0.717, 1.165) is 26.1 Å². The molecule has 1 fully saturated rings. The van der Waals surface area contributed by atoms with Crippen LogP contribution in [0.15, 0.2) is 24.3 Å². The number of amides is 1. The lowest BCUT2D eigenvalue weighted by molar-refractivity contribution is -0.130. The Kier molecular flexibility index (Phi) is 5.40. The number of halogens is 1. The molecule has 2 rings (SSSR count). The first-order valence-electron chi connectivity index (χ1n) is 6.88. The van der Waals surface area contributed by atoms with Crippen molar-refractivity contribution in [2.45, 2.75) is 31.9 Å². The first kappa shape index (κ1) is 15.3. The second-order valence-corrected chi connectivity index (χ2v) is 5.71. The fourth-order valence-electron chi connectivity index (χ4n) is 2.49. The number of benzene rings is 1. The van der Waals surface area contributed by atoms with E-state index in [1.54, 1.807) is 24.3 Å². The second-order valence-electron chi connectivity index (χ2n) is 5.30. The molecule has 1 heterocycles. The third kappa shape index (κ3) is 3.95. The lowest BCUT2D eigenvalue weighted by atomic mass is 10.00. The fourth-order valence-corrected chi connectivity index (χ4v) is 2.73. The summed E-state index contributed by atoms with van der Waals surface area (Å²) >= 11 is 5.98. The Labute approximate surface area is 124 Å². The third-order valence-corrected chi connectivity index (χ3v) is 3.89. The Balaban J connectivity index is 1.88. The zero-order valence-electron chi connectivity index (χ0n) is 11.5. The maximum absolute atomic E-state index is 12.0. The minimum atomic E-state index is -1.23. The zero-order chi connectivity index (χ0) is 14.5. The molecule has 0 aliphatic carbocycles. The molecular weight excluding hydrogens is 278 g/mol. The maximum Gasteiger partial charge on any atom is 0.253 e. The van der Waals surface area contributed by atoms with E-state index >= 15 is 0 Å². The van der Waals surface area contributed by atoms with Crippen LogP contribution in [0.2, 0.25) is 5.02 Å². The average molecular weight is 298 g/mol. The van der Waals surface area contributed by atoms with E-state index in [-0.39, 0.29) is 6.04 Å². The SMILES string of the molecule is CC(CC1CCOC1)NC(=O)[C@H](O)c1ccccc1Cl. The van der Waals surface area contributed by atoms with Crippen molar-refractivity contribution in [1.29, 1.82) is 0 Å². The molecule has 0 aromatic heterocycles. The summed E-state index contributed by atoms with van der Waals surface area (Å²) in [5, 5.41) is 13.3. The predicted molar refractivity (Wildman–Crippen MR) is 77.6 cm³/mol. The predicted octanol–water partition coefficient (Wildman–Crippen LogP) is 2.30. The van der Waals surface area contributed by atoms with E-state index in [1.807, 2.05) is 6.92 Å². The molecule has 1 aliphatic rings. The van der Waals surface area contributed by atoms with Gasteiger partial charge in [0, 0.05) is 29.8 Å². The standard InChI is InChI=1S/C15H20ClNO3/c1-10(8-11-6-7-20-9-11)17-15(19)14(18)12-4-2-3-5-13(12)16/h2-5,10-11,14,18H,6-9H2,1H3,(H,17,19)/t10?,11?,14-/m1/s1. The van der Waals surface area contributed by atoms with E-state index in [9.17, 15) is 9.90 Å². The van der Waals surface area contributed by atoms with Crippen LogP contribution in [-0.2, 0) is 9.53 Å². The van der Waals surface area contributed by atoms with Crippen molar-refractivity contribution in [1.82, 2.24) is 5.32 Å². The first-order valence-corrected chi connectivity index (χ1v) is 7.26. The quantitative estimate of drug-likeness (QED) is 0.877. The molecule has 2 unspecified atom stereocenters. The van der Waals surface area contributed by atoms with Gasteiger partial charge in [0.05, 0.1) is 0 Å². The topological polar surface area (TPSA) is 58.6 Å². The van der Waals surface area contributed by atoms with Gasteiger partial charge in [0.2, 0.25) is 0 Å². The molecule has 0 spiro atoms. The van der Waals surface area contributed by atoms with Gasteiger partial charge in [-0.3, -0.25) is 4.79 Å². The van der Waals surface area contributed by atoms with Crippen LogP contribution in [0.1, 0.15) is 31.4 Å². The molecule has 110 valence electrons. The number of rotatable bonds is 5. The van der Waals surface area contributed by atoms with Crippen molar-refractivity contribution >= 4 is 17.5 Å². The van der Waals surface area contributed by atoms with Gasteiger partial charge in [-0.25, -0.2) is 0 Å². The number of aliphatic hydroxyl groups excluding tert-OH is 1. The number of carbonyl (C=O) groups excluding carboxylic acids is 1. The lowest BCUT2D eigenvalue weighted by Crippen LogP contribution is -2.37. The highest BCUT2D eigenvalue weighted by Crippen LogP contribution is 2.23. The van der Waals surface area contributed by atoms with Gasteiger partial charge in [0.25, 0.3) is 5.91 Å². The minimum Gasteiger partial charge on any atom is -0.381 e. The monoisotopic (exact) mass is 297 g/mol. The van der Waals surface area contributed by atoms with Crippen LogP contribution >= 0.6 is 11.6 Å². The molecule has 1 aromatic rings. The molecule has 4 nitrogen and oxygen atoms in total. The van der Waals surface area contributed by atoms with Crippen molar-refractivity contribution in [3.05, 3.63) is 34.9 Å². The summed E-state index contributed by atoms with van der Waals surface area (Å²) < 4.78 is 5.32. The molecule has 1 amide bonds. The Morgan fingerprint density at radius 3 is 2.95 bits per heavy atom. The highest BCUT2D eigenvalue weighted by Gasteiger charge is 2.23. The Morgan fingerprint density at radius 2 is 2.30 bits per heavy atom. The van der Waals surface area contributed by atoms with E-state index in [0.29, 0.717) is 16.5 Å². The number of nitrogens with one attached hydrogen (secondary N) is 1. The summed E-state index contributed by atoms with van der Waals surface area (Å²) in [6, 6.07) is 6.83. The summed E-state index contributed by atoms with van der Waals surface area (Å²) in [7, 11) is 0. The van der Waals surface area contributed by atoms with Gasteiger partial charge in [-0.05, 0) is 31.7 Å². The molecule has 3 atom stereocenters. The van der Waals surface area contributed by atoms with Crippen LogP contribution in [0, 0.1) is 5.92 Å². The summed E-state index contributed by atoms with van der Waals surface area (Å²) in [6.07, 6.45) is 0.667. The minimum absolute atomic E-state index is 0.00587. The van der Waals surface area contributed by atoms with Crippen molar-refractivity contribution in [3.8, 4) is 0 Å². The molecular formula is C15H20ClNO3. The molecule has 1 saturated heterocycles. The van der Waals surface area contributed by atoms with E-state index in [4.69, 9.17) is 16.3 Å². The molecule has 5 heteroatoms. The van der Waals surface area contributed by atoms with Crippen LogP contribution in [-0.4, -0.2) is 30.3 Å². The summed E-state index contributed by atoms with van der Waals surface area (Å²) in [5.41, 5.74) is 0.433. The molecule has 1 aromatic carbocycles. The van der Waals surface area contributed by atoms with Crippen molar-refractivity contribution in [3.63, 3.8) is 0 Å². The number of ether oxygens (including phenoxy) is 1. The molecule has 0 radical (unpaired) electrons. The summed E-state index contributed by atoms with van der Waals surface area (Å²) in [5.74, 6) is 0.0762. The van der Waals surface area contributed by atoms with Gasteiger partial charge >= 0.3 is 0 Å². The van der Waals surface area contributed by atoms with Crippen LogP contribution < -0.4 is 5.32 Å². The summed E-state index contributed by atoms with van der Waals surface area (Å²) in [6.45, 7) is 3.50.